The molecule has 0 N–H and O–H groups in total. The van der Waals surface area contributed by atoms with Gasteiger partial charge in [-0.3, -0.25) is 9.48 Å². The second-order valence-corrected chi connectivity index (χ2v) is 12.3. The largest absolute Gasteiger partial charge is 0.534 e. The van der Waals surface area contributed by atoms with Gasteiger partial charge in [0.1, 0.15) is 17.4 Å². The summed E-state index contributed by atoms with van der Waals surface area (Å²) < 4.78 is 106. The molecule has 1 aliphatic heterocycles. The van der Waals surface area contributed by atoms with Crippen LogP contribution in [0.3, 0.4) is 0 Å². The van der Waals surface area contributed by atoms with Crippen LogP contribution in [0, 0.1) is 11.6 Å². The van der Waals surface area contributed by atoms with E-state index < -0.39 is 39.2 Å². The van der Waals surface area contributed by atoms with Gasteiger partial charge in [0, 0.05) is 47.2 Å². The highest BCUT2D eigenvalue weighted by Gasteiger charge is 2.49. The number of aromatic nitrogens is 3. The third-order valence-corrected chi connectivity index (χ3v) is 8.45. The van der Waals surface area contributed by atoms with Gasteiger partial charge < -0.3 is 13.8 Å². The third-order valence-electron chi connectivity index (χ3n) is 6.58. The Balaban J connectivity index is 1.74. The number of benzene rings is 1. The van der Waals surface area contributed by atoms with E-state index in [9.17, 15) is 30.8 Å². The molecule has 0 bridgehead atoms. The van der Waals surface area contributed by atoms with Crippen LogP contribution < -0.4 is 8.92 Å². The lowest BCUT2D eigenvalue weighted by Crippen LogP contribution is -2.28. The number of amides is 1. The van der Waals surface area contributed by atoms with Gasteiger partial charge in [0.05, 0.1) is 35.0 Å². The predicted octanol–water partition coefficient (Wildman–Crippen LogP) is 6.08. The van der Waals surface area contributed by atoms with Crippen molar-refractivity contribution < 1.29 is 44.1 Å². The van der Waals surface area contributed by atoms with E-state index >= 15 is 4.39 Å². The molecule has 4 aromatic rings. The van der Waals surface area contributed by atoms with Gasteiger partial charge in [-0.05, 0) is 37.8 Å². The highest BCUT2D eigenvalue weighted by atomic mass is 32.2. The minimum Gasteiger partial charge on any atom is -0.490 e. The summed E-state index contributed by atoms with van der Waals surface area (Å²) in [4.78, 5) is 17.8. The van der Waals surface area contributed by atoms with E-state index in [0.717, 1.165) is 17.4 Å². The summed E-state index contributed by atoms with van der Waals surface area (Å²) in [6.45, 7) is 7.48. The average Bonchev–Trinajstić information content (AvgIpc) is 3.68. The average molecular weight is 643 g/mol. The lowest BCUT2D eigenvalue weighted by atomic mass is 9.98. The summed E-state index contributed by atoms with van der Waals surface area (Å²) in [7, 11) is -6.13. The Kier molecular flexibility index (Phi) is 7.94. The molecular formula is C27H23F5N4O5S2. The summed E-state index contributed by atoms with van der Waals surface area (Å²) in [5.41, 5.74) is -6.02. The third kappa shape index (κ3) is 5.80. The number of ether oxygens (including phenoxy) is 1. The molecule has 0 radical (unpaired) electrons. The number of carbonyl (C=O) groups is 1. The number of hydrogen-bond acceptors (Lipinski definition) is 8. The van der Waals surface area contributed by atoms with Crippen molar-refractivity contribution in [2.45, 2.75) is 37.9 Å². The first-order valence-corrected chi connectivity index (χ1v) is 15.0. The predicted molar refractivity (Wildman–Crippen MR) is 148 cm³/mol. The Hall–Kier alpha value is -4.05. The second kappa shape index (κ2) is 11.2. The molecule has 228 valence electrons. The van der Waals surface area contributed by atoms with Crippen molar-refractivity contribution in [1.82, 2.24) is 19.7 Å². The van der Waals surface area contributed by atoms with Gasteiger partial charge in [-0.2, -0.15) is 26.7 Å². The van der Waals surface area contributed by atoms with E-state index in [1.54, 1.807) is 18.7 Å². The maximum Gasteiger partial charge on any atom is 0.534 e. The topological polar surface area (TPSA) is 104 Å². The number of rotatable bonds is 8. The van der Waals surface area contributed by atoms with E-state index in [1.807, 2.05) is 0 Å². The highest BCUT2D eigenvalue weighted by molar-refractivity contribution is 7.88. The number of likely N-dealkylation sites (tertiary alicyclic amines) is 1. The Labute approximate surface area is 246 Å². The number of nitrogens with zero attached hydrogens (tertiary/aromatic N) is 4. The van der Waals surface area contributed by atoms with Gasteiger partial charge in [-0.1, -0.05) is 6.58 Å². The molecule has 4 heterocycles. The van der Waals surface area contributed by atoms with E-state index in [2.05, 4.69) is 20.8 Å². The van der Waals surface area contributed by atoms with Gasteiger partial charge in [-0.15, -0.1) is 11.3 Å². The molecule has 1 atom stereocenters. The molecular weight excluding hydrogens is 619 g/mol. The first-order chi connectivity index (χ1) is 20.2. The summed E-state index contributed by atoms with van der Waals surface area (Å²) in [6, 6.07) is 2.58. The minimum absolute atomic E-state index is 0.00402. The molecule has 1 aromatic carbocycles. The van der Waals surface area contributed by atoms with Crippen molar-refractivity contribution in [3.05, 3.63) is 60.3 Å². The number of hydrogen-bond donors (Lipinski definition) is 0. The van der Waals surface area contributed by atoms with Crippen LogP contribution in [0.25, 0.3) is 32.5 Å². The van der Waals surface area contributed by atoms with Gasteiger partial charge in [-0.25, -0.2) is 13.8 Å². The van der Waals surface area contributed by atoms with Crippen molar-refractivity contribution in [2.24, 2.45) is 0 Å². The molecule has 0 aliphatic carbocycles. The molecule has 16 heteroatoms. The van der Waals surface area contributed by atoms with Crippen LogP contribution in [0.4, 0.5) is 22.0 Å². The zero-order valence-corrected chi connectivity index (χ0v) is 24.2. The zero-order chi connectivity index (χ0) is 31.3. The lowest BCUT2D eigenvalue weighted by Gasteiger charge is -2.19. The van der Waals surface area contributed by atoms with E-state index in [4.69, 9.17) is 4.74 Å². The molecule has 9 nitrogen and oxygen atoms in total. The number of halogens is 5. The molecule has 0 saturated carbocycles. The van der Waals surface area contributed by atoms with Gasteiger partial charge in [0.25, 0.3) is 0 Å². The van der Waals surface area contributed by atoms with E-state index in [-0.39, 0.29) is 50.2 Å². The van der Waals surface area contributed by atoms with Crippen molar-refractivity contribution >= 4 is 37.4 Å². The SMILES string of the molecule is C=CC(=O)N1CC[C@H](n2cc(-c3nc(OS(=O)(=O)C(F)(F)F)c4ccsc4c3-c3c(F)cc(F)cc3OC(C)C)cn2)C1. The van der Waals surface area contributed by atoms with Crippen LogP contribution in [0.2, 0.25) is 0 Å². The van der Waals surface area contributed by atoms with Crippen LogP contribution in [0.1, 0.15) is 26.3 Å². The molecule has 3 aromatic heterocycles. The van der Waals surface area contributed by atoms with Crippen LogP contribution in [-0.2, 0) is 14.9 Å². The van der Waals surface area contributed by atoms with Crippen molar-refractivity contribution in [3.8, 4) is 34.0 Å². The summed E-state index contributed by atoms with van der Waals surface area (Å²) >= 11 is 0.951. The number of carbonyl (C=O) groups excluding carboxylic acids is 1. The van der Waals surface area contributed by atoms with E-state index in [0.29, 0.717) is 25.6 Å². The molecule has 1 aliphatic rings. The number of alkyl halides is 3. The Morgan fingerprint density at radius 3 is 2.65 bits per heavy atom. The number of thiophene rings is 1. The minimum atomic E-state index is -6.13. The van der Waals surface area contributed by atoms with Crippen LogP contribution in [-0.4, -0.2) is 58.7 Å². The van der Waals surface area contributed by atoms with Gasteiger partial charge in [0.15, 0.2) is 0 Å². The molecule has 1 saturated heterocycles. The monoisotopic (exact) mass is 642 g/mol. The summed E-state index contributed by atoms with van der Waals surface area (Å²) in [5.74, 6) is -3.34. The Morgan fingerprint density at radius 2 is 1.98 bits per heavy atom. The fourth-order valence-electron chi connectivity index (χ4n) is 4.74. The van der Waals surface area contributed by atoms with Crippen molar-refractivity contribution in [3.63, 3.8) is 0 Å². The van der Waals surface area contributed by atoms with Gasteiger partial charge in [0.2, 0.25) is 11.8 Å². The van der Waals surface area contributed by atoms with Crippen LogP contribution in [0.5, 0.6) is 11.6 Å². The second-order valence-electron chi connectivity index (χ2n) is 9.85. The first kappa shape index (κ1) is 30.4. The molecule has 1 amide bonds. The number of fused-ring (bicyclic) bond motifs is 1. The van der Waals surface area contributed by atoms with E-state index in [1.165, 1.54) is 34.6 Å². The smallest absolute Gasteiger partial charge is 0.490 e. The van der Waals surface area contributed by atoms with Gasteiger partial charge >= 0.3 is 15.6 Å². The summed E-state index contributed by atoms with van der Waals surface area (Å²) in [6.07, 6.45) is 4.00. The normalized spacial score (nSPS) is 15.8. The number of pyridine rings is 1. The van der Waals surface area contributed by atoms with Crippen molar-refractivity contribution in [1.29, 1.82) is 0 Å². The molecule has 0 unspecified atom stereocenters. The van der Waals surface area contributed by atoms with Crippen LogP contribution in [0.15, 0.2) is 48.6 Å². The van der Waals surface area contributed by atoms with Crippen molar-refractivity contribution in [2.75, 3.05) is 13.1 Å². The quantitative estimate of drug-likeness (QED) is 0.0994. The standard InChI is InChI=1S/C27H23F5N4O5S2/c1-4-21(37)35-7-5-17(13-35)36-12-15(11-33-36)24-23(22-19(29)9-16(28)10-20(22)40-14(2)3)25-18(6-8-42-25)26(34-24)41-43(38,39)27(30,31)32/h4,6,8-12,14,17H,1,5,7,13H2,2-3H3/t17-/m0/s1. The fraction of sp³-hybridized carbons (Fsp3) is 0.296. The molecule has 43 heavy (non-hydrogen) atoms. The highest BCUT2D eigenvalue weighted by Crippen LogP contribution is 2.48. The maximum absolute atomic E-state index is 15.6. The Morgan fingerprint density at radius 1 is 1.23 bits per heavy atom. The molecule has 0 spiro atoms. The van der Waals surface area contributed by atoms with Crippen LogP contribution >= 0.6 is 11.3 Å². The maximum atomic E-state index is 15.6. The molecule has 1 fully saturated rings. The lowest BCUT2D eigenvalue weighted by molar-refractivity contribution is -0.125. The summed E-state index contributed by atoms with van der Waals surface area (Å²) in [5, 5.41) is 5.62. The Bertz CT molecular complexity index is 1830. The zero-order valence-electron chi connectivity index (χ0n) is 22.6. The fourth-order valence-corrected chi connectivity index (χ4v) is 6.11. The molecule has 5 rings (SSSR count). The first-order valence-electron chi connectivity index (χ1n) is 12.7.